The van der Waals surface area contributed by atoms with Gasteiger partial charge in [0.05, 0.1) is 12.8 Å². The van der Waals surface area contributed by atoms with Gasteiger partial charge in [0, 0.05) is 0 Å². The average Bonchev–Trinajstić information content (AvgIpc) is 2.68. The average molecular weight is 311 g/mol. The van der Waals surface area contributed by atoms with Gasteiger partial charge in [-0.15, -0.1) is 0 Å². The highest BCUT2D eigenvalue weighted by molar-refractivity contribution is 5.26. The largest absolute Gasteiger partial charge is 0.393 e. The zero-order chi connectivity index (χ0) is 15.9. The Balaban J connectivity index is 2.47. The number of aliphatic hydroxyl groups excluding tert-OH is 3. The van der Waals surface area contributed by atoms with Crippen LogP contribution in [0.5, 0.6) is 0 Å². The monoisotopic (exact) mass is 311 g/mol. The number of rotatable bonds is 3. The van der Waals surface area contributed by atoms with Gasteiger partial charge in [-0.2, -0.15) is 4.98 Å². The second kappa shape index (κ2) is 5.26. The van der Waals surface area contributed by atoms with Crippen LogP contribution in [0.4, 0.5) is 19.0 Å². The summed E-state index contributed by atoms with van der Waals surface area (Å²) in [4.78, 5) is 14.7. The number of nitrogens with two attached hydrogens (primary N) is 1. The molecule has 1 aromatic rings. The topological polar surface area (TPSA) is 131 Å². The van der Waals surface area contributed by atoms with Gasteiger partial charge in [-0.3, -0.25) is 4.57 Å². The van der Waals surface area contributed by atoms with Crippen molar-refractivity contribution in [1.29, 1.82) is 0 Å². The molecule has 2 heterocycles. The third-order valence-electron chi connectivity index (χ3n) is 3.28. The summed E-state index contributed by atoms with van der Waals surface area (Å²) in [6.45, 7) is -1.32. The van der Waals surface area contributed by atoms with Gasteiger partial charge in [0.2, 0.25) is 0 Å². The molecule has 8 nitrogen and oxygen atoms in total. The second-order valence-corrected chi connectivity index (χ2v) is 4.52. The number of nitrogens with zero attached hydrogens (tertiary/aromatic N) is 2. The normalized spacial score (nSPS) is 32.8. The van der Waals surface area contributed by atoms with E-state index in [1.54, 1.807) is 0 Å². The Kier molecular flexibility index (Phi) is 3.93. The minimum absolute atomic E-state index is 0.374. The summed E-state index contributed by atoms with van der Waals surface area (Å²) in [6, 6.07) is 0. The lowest BCUT2D eigenvalue weighted by molar-refractivity contribution is -0.196. The summed E-state index contributed by atoms with van der Waals surface area (Å²) in [7, 11) is 0. The Labute approximate surface area is 115 Å². The maximum atomic E-state index is 13.3. The molecule has 0 bridgehead atoms. The molecule has 0 saturated carbocycles. The van der Waals surface area contributed by atoms with E-state index in [1.807, 2.05) is 0 Å². The van der Waals surface area contributed by atoms with Crippen LogP contribution in [0.1, 0.15) is 6.23 Å². The molecule has 4 unspecified atom stereocenters. The number of hydrogen-bond donors (Lipinski definition) is 4. The molecule has 0 aromatic carbocycles. The summed E-state index contributed by atoms with van der Waals surface area (Å²) in [5.74, 6) is -1.86. The van der Waals surface area contributed by atoms with Crippen LogP contribution < -0.4 is 11.4 Å². The molecular weight excluding hydrogens is 299 g/mol. The maximum Gasteiger partial charge on any atom is 0.351 e. The molecule has 0 amide bonds. The molecule has 1 aliphatic heterocycles. The molecule has 2 rings (SSSR count). The van der Waals surface area contributed by atoms with Gasteiger partial charge in [0.15, 0.2) is 23.5 Å². The van der Waals surface area contributed by atoms with E-state index in [1.165, 1.54) is 0 Å². The smallest absolute Gasteiger partial charge is 0.351 e. The van der Waals surface area contributed by atoms with Gasteiger partial charge >= 0.3 is 5.69 Å². The van der Waals surface area contributed by atoms with Crippen LogP contribution in [-0.2, 0) is 4.74 Å². The Morgan fingerprint density at radius 1 is 1.52 bits per heavy atom. The van der Waals surface area contributed by atoms with Crippen molar-refractivity contribution in [3.8, 4) is 0 Å². The van der Waals surface area contributed by atoms with Gasteiger partial charge < -0.3 is 25.8 Å². The van der Waals surface area contributed by atoms with Crippen LogP contribution in [0.15, 0.2) is 11.0 Å². The molecule has 0 aliphatic carbocycles. The van der Waals surface area contributed by atoms with Gasteiger partial charge in [-0.25, -0.2) is 18.0 Å². The lowest BCUT2D eigenvalue weighted by Gasteiger charge is -2.28. The summed E-state index contributed by atoms with van der Waals surface area (Å²) < 4.78 is 44.5. The number of aromatic nitrogens is 2. The predicted octanol–water partition coefficient (Wildman–Crippen LogP) is -1.79. The molecule has 1 aromatic heterocycles. The SMILES string of the molecule is Nc1nc(=O)n(C2OC(CO)(C(F)F)C(O)C2O)cc1F. The highest BCUT2D eigenvalue weighted by atomic mass is 19.3. The van der Waals surface area contributed by atoms with Crippen molar-refractivity contribution < 1.29 is 33.2 Å². The fourth-order valence-corrected chi connectivity index (χ4v) is 2.05. The van der Waals surface area contributed by atoms with E-state index < -0.39 is 54.4 Å². The minimum atomic E-state index is -3.36. The van der Waals surface area contributed by atoms with Crippen molar-refractivity contribution in [3.05, 3.63) is 22.5 Å². The first-order valence-electron chi connectivity index (χ1n) is 5.71. The molecule has 0 radical (unpaired) electrons. The van der Waals surface area contributed by atoms with E-state index in [-0.39, 0.29) is 0 Å². The third kappa shape index (κ3) is 2.27. The van der Waals surface area contributed by atoms with Crippen LogP contribution in [0, 0.1) is 5.82 Å². The quantitative estimate of drug-likeness (QED) is 0.518. The minimum Gasteiger partial charge on any atom is -0.393 e. The highest BCUT2D eigenvalue weighted by Crippen LogP contribution is 2.40. The summed E-state index contributed by atoms with van der Waals surface area (Å²) in [6.07, 6.45) is -8.91. The molecule has 21 heavy (non-hydrogen) atoms. The molecule has 11 heteroatoms. The number of halogens is 3. The van der Waals surface area contributed by atoms with Crippen LogP contribution in [-0.4, -0.2) is 55.7 Å². The molecule has 1 fully saturated rings. The van der Waals surface area contributed by atoms with Gasteiger partial charge in [0.1, 0.15) is 12.2 Å². The predicted molar refractivity (Wildman–Crippen MR) is 60.8 cm³/mol. The van der Waals surface area contributed by atoms with E-state index in [0.717, 1.165) is 0 Å². The molecule has 1 saturated heterocycles. The zero-order valence-corrected chi connectivity index (χ0v) is 10.4. The zero-order valence-electron chi connectivity index (χ0n) is 10.4. The third-order valence-corrected chi connectivity index (χ3v) is 3.28. The second-order valence-electron chi connectivity index (χ2n) is 4.52. The molecule has 118 valence electrons. The summed E-state index contributed by atoms with van der Waals surface area (Å²) in [5.41, 5.74) is 1.10. The lowest BCUT2D eigenvalue weighted by atomic mass is 9.96. The van der Waals surface area contributed by atoms with Crippen molar-refractivity contribution in [3.63, 3.8) is 0 Å². The number of hydrogen-bond acceptors (Lipinski definition) is 7. The first kappa shape index (κ1) is 15.7. The van der Waals surface area contributed by atoms with Crippen LogP contribution in [0.25, 0.3) is 0 Å². The maximum absolute atomic E-state index is 13.3. The fraction of sp³-hybridized carbons (Fsp3) is 0.600. The van der Waals surface area contributed by atoms with E-state index >= 15 is 0 Å². The number of aliphatic hydroxyl groups is 3. The van der Waals surface area contributed by atoms with Gasteiger partial charge in [0.25, 0.3) is 6.43 Å². The number of ether oxygens (including phenoxy) is 1. The molecule has 5 N–H and O–H groups in total. The van der Waals surface area contributed by atoms with E-state index in [9.17, 15) is 28.2 Å². The standard InChI is InChI=1S/C10H12F3N3O5/c11-3-1-16(9(20)15-6(3)14)7-4(18)5(19)10(2-17,21-7)8(12)13/h1,4-5,7-8,17-19H,2H2,(H2,14,15,20). The van der Waals surface area contributed by atoms with Crippen molar-refractivity contribution >= 4 is 5.82 Å². The Morgan fingerprint density at radius 2 is 2.14 bits per heavy atom. The van der Waals surface area contributed by atoms with E-state index in [0.29, 0.717) is 10.8 Å². The van der Waals surface area contributed by atoms with Gasteiger partial charge in [-0.05, 0) is 0 Å². The van der Waals surface area contributed by atoms with Crippen molar-refractivity contribution in [2.45, 2.75) is 30.5 Å². The van der Waals surface area contributed by atoms with Crippen LogP contribution >= 0.6 is 0 Å². The Hall–Kier alpha value is -1.69. The summed E-state index contributed by atoms with van der Waals surface area (Å²) >= 11 is 0. The van der Waals surface area contributed by atoms with Crippen LogP contribution in [0.2, 0.25) is 0 Å². The first-order valence-corrected chi connectivity index (χ1v) is 5.71. The van der Waals surface area contributed by atoms with Gasteiger partial charge in [-0.1, -0.05) is 0 Å². The number of nitrogen functional groups attached to an aromatic ring is 1. The highest BCUT2D eigenvalue weighted by Gasteiger charge is 2.60. The van der Waals surface area contributed by atoms with Crippen molar-refractivity contribution in [2.75, 3.05) is 12.3 Å². The number of anilines is 1. The lowest BCUT2D eigenvalue weighted by Crippen LogP contribution is -2.52. The van der Waals surface area contributed by atoms with Crippen LogP contribution in [0.3, 0.4) is 0 Å². The van der Waals surface area contributed by atoms with Crippen molar-refractivity contribution in [2.24, 2.45) is 0 Å². The molecular formula is C10H12F3N3O5. The van der Waals surface area contributed by atoms with E-state index in [2.05, 4.69) is 4.98 Å². The Bertz CT molecular complexity index is 598. The number of alkyl halides is 2. The van der Waals surface area contributed by atoms with Crippen molar-refractivity contribution in [1.82, 2.24) is 9.55 Å². The fourth-order valence-electron chi connectivity index (χ4n) is 2.05. The molecule has 4 atom stereocenters. The Morgan fingerprint density at radius 3 is 2.62 bits per heavy atom. The summed E-state index contributed by atoms with van der Waals surface area (Å²) in [5, 5.41) is 28.4. The molecule has 0 spiro atoms. The van der Waals surface area contributed by atoms with E-state index in [4.69, 9.17) is 15.6 Å². The first-order chi connectivity index (χ1) is 9.74. The molecule has 1 aliphatic rings.